The van der Waals surface area contributed by atoms with Crippen LogP contribution in [0, 0.1) is 0 Å². The lowest BCUT2D eigenvalue weighted by molar-refractivity contribution is 0.0986. The van der Waals surface area contributed by atoms with Crippen LogP contribution in [0.3, 0.4) is 0 Å². The Balaban J connectivity index is 1.95. The Morgan fingerprint density at radius 3 is 2.59 bits per heavy atom. The van der Waals surface area contributed by atoms with Crippen LogP contribution in [0.15, 0.2) is 59.2 Å². The zero-order chi connectivity index (χ0) is 19.1. The van der Waals surface area contributed by atoms with Crippen LogP contribution in [0.1, 0.15) is 12.8 Å². The van der Waals surface area contributed by atoms with E-state index in [2.05, 4.69) is 0 Å². The molecule has 1 aliphatic rings. The summed E-state index contributed by atoms with van der Waals surface area (Å²) in [5, 5.41) is 0.953. The quantitative estimate of drug-likeness (QED) is 0.618. The van der Waals surface area contributed by atoms with E-state index in [9.17, 15) is 8.42 Å². The van der Waals surface area contributed by atoms with E-state index in [0.717, 1.165) is 29.4 Å². The molecule has 4 rings (SSSR count). The molecule has 6 heteroatoms. The van der Waals surface area contributed by atoms with Gasteiger partial charge in [0.2, 0.25) is 0 Å². The summed E-state index contributed by atoms with van der Waals surface area (Å²) in [4.78, 5) is 0. The zero-order valence-corrected chi connectivity index (χ0v) is 16.4. The molecular weight excluding hydrogens is 362 g/mol. The van der Waals surface area contributed by atoms with Gasteiger partial charge in [-0.1, -0.05) is 30.3 Å². The van der Waals surface area contributed by atoms with Gasteiger partial charge < -0.3 is 9.15 Å². The minimum Gasteiger partial charge on any atom is -0.464 e. The third kappa shape index (κ3) is 3.29. The summed E-state index contributed by atoms with van der Waals surface area (Å²) < 4.78 is 37.1. The molecule has 2 aromatic carbocycles. The average Bonchev–Trinajstić information content (AvgIpc) is 3.31. The lowest BCUT2D eigenvalue weighted by Gasteiger charge is -2.34. The van der Waals surface area contributed by atoms with Crippen molar-refractivity contribution in [2.24, 2.45) is 0 Å². The highest BCUT2D eigenvalue weighted by Crippen LogP contribution is 2.40. The molecule has 1 saturated heterocycles. The predicted octanol–water partition coefficient (Wildman–Crippen LogP) is 4.18. The lowest BCUT2D eigenvalue weighted by Crippen LogP contribution is -2.54. The van der Waals surface area contributed by atoms with E-state index in [-0.39, 0.29) is 9.99 Å². The molecule has 0 amide bonds. The Bertz CT molecular complexity index is 1050. The number of fused-ring (bicyclic) bond motifs is 1. The number of nitrogens with zero attached hydrogens (tertiary/aromatic N) is 1. The summed E-state index contributed by atoms with van der Waals surface area (Å²) in [6.07, 6.45) is 4.71. The van der Waals surface area contributed by atoms with Gasteiger partial charge in [-0.2, -0.15) is 12.3 Å². The minimum atomic E-state index is -3.47. The first-order chi connectivity index (χ1) is 12.9. The van der Waals surface area contributed by atoms with Gasteiger partial charge in [-0.25, -0.2) is 0 Å². The van der Waals surface area contributed by atoms with Crippen LogP contribution in [0.4, 0.5) is 5.69 Å². The fourth-order valence-electron chi connectivity index (χ4n) is 3.83. The van der Waals surface area contributed by atoms with Gasteiger partial charge in [-0.15, -0.1) is 0 Å². The SMILES string of the molecule is C[N+](CC1CCCO1)(c1cc2occc2cc1-c1ccccc1)S(C)(=O)=O. The molecule has 5 nitrogen and oxygen atoms in total. The first-order valence-corrected chi connectivity index (χ1v) is 11.0. The smallest absolute Gasteiger partial charge is 0.298 e. The first-order valence-electron chi connectivity index (χ1n) is 9.13. The van der Waals surface area contributed by atoms with E-state index in [0.29, 0.717) is 24.4 Å². The van der Waals surface area contributed by atoms with Crippen LogP contribution in [0.5, 0.6) is 0 Å². The minimum absolute atomic E-state index is 0.0688. The van der Waals surface area contributed by atoms with Gasteiger partial charge in [-0.05, 0) is 30.5 Å². The van der Waals surface area contributed by atoms with Gasteiger partial charge in [0.05, 0.1) is 19.6 Å². The number of rotatable bonds is 5. The van der Waals surface area contributed by atoms with Gasteiger partial charge in [0, 0.05) is 23.6 Å². The Kier molecular flexibility index (Phi) is 4.58. The monoisotopic (exact) mass is 386 g/mol. The summed E-state index contributed by atoms with van der Waals surface area (Å²) >= 11 is 0. The van der Waals surface area contributed by atoms with Gasteiger partial charge >= 0.3 is 0 Å². The van der Waals surface area contributed by atoms with E-state index in [1.807, 2.05) is 48.5 Å². The second-order valence-electron chi connectivity index (χ2n) is 7.35. The van der Waals surface area contributed by atoms with E-state index in [1.54, 1.807) is 13.3 Å². The maximum Gasteiger partial charge on any atom is 0.298 e. The fourth-order valence-corrected chi connectivity index (χ4v) is 4.77. The first kappa shape index (κ1) is 18.2. The molecule has 0 saturated carbocycles. The van der Waals surface area contributed by atoms with E-state index >= 15 is 0 Å². The van der Waals surface area contributed by atoms with Crippen molar-refractivity contribution in [2.75, 3.05) is 26.5 Å². The number of sulfonamides is 1. The molecule has 0 bridgehead atoms. The van der Waals surface area contributed by atoms with Gasteiger partial charge in [0.1, 0.15) is 18.2 Å². The van der Waals surface area contributed by atoms with E-state index < -0.39 is 10.0 Å². The number of benzene rings is 2. The number of ether oxygens (including phenoxy) is 1. The maximum absolute atomic E-state index is 13.0. The second kappa shape index (κ2) is 6.78. The van der Waals surface area contributed by atoms with Crippen LogP contribution in [0.25, 0.3) is 22.1 Å². The highest BCUT2D eigenvalue weighted by molar-refractivity contribution is 7.90. The standard InChI is InChI=1S/C21H24NO4S/c1-22(27(2,23)24,15-18-9-6-11-25-18)20-14-21-17(10-12-26-21)13-19(20)16-7-4-3-5-8-16/h3-5,7-8,10,12-14,18H,6,9,11,15H2,1-2H3/q+1. The molecular formula is C21H24NO4S+. The molecule has 27 heavy (non-hydrogen) atoms. The summed E-state index contributed by atoms with van der Waals surface area (Å²) in [6.45, 7) is 1.07. The number of quaternary nitrogens is 1. The predicted molar refractivity (Wildman–Crippen MR) is 108 cm³/mol. The summed E-state index contributed by atoms with van der Waals surface area (Å²) in [6, 6.07) is 15.7. The van der Waals surface area contributed by atoms with Crippen LogP contribution in [-0.4, -0.2) is 41.0 Å². The highest BCUT2D eigenvalue weighted by Gasteiger charge is 2.42. The van der Waals surface area contributed by atoms with Gasteiger partial charge in [0.25, 0.3) is 10.0 Å². The molecule has 0 N–H and O–H groups in total. The van der Waals surface area contributed by atoms with Gasteiger partial charge in [0.15, 0.2) is 5.69 Å². The molecule has 1 aliphatic heterocycles. The van der Waals surface area contributed by atoms with E-state index in [1.165, 1.54) is 6.26 Å². The lowest BCUT2D eigenvalue weighted by atomic mass is 10.0. The highest BCUT2D eigenvalue weighted by atomic mass is 32.2. The van der Waals surface area contributed by atoms with Crippen LogP contribution < -0.4 is 3.89 Å². The van der Waals surface area contributed by atoms with Crippen molar-refractivity contribution in [2.45, 2.75) is 18.9 Å². The summed E-state index contributed by atoms with van der Waals surface area (Å²) in [5.41, 5.74) is 3.28. The molecule has 0 spiro atoms. The molecule has 1 aromatic heterocycles. The van der Waals surface area contributed by atoms with Gasteiger partial charge in [-0.3, -0.25) is 0 Å². The fraction of sp³-hybridized carbons (Fsp3) is 0.333. The number of hydrogen-bond acceptors (Lipinski definition) is 4. The zero-order valence-electron chi connectivity index (χ0n) is 15.6. The number of hydrogen-bond donors (Lipinski definition) is 0. The van der Waals surface area contributed by atoms with Crippen LogP contribution in [-0.2, 0) is 14.8 Å². The molecule has 2 heterocycles. The topological polar surface area (TPSA) is 56.5 Å². The van der Waals surface area contributed by atoms with Crippen molar-refractivity contribution in [1.29, 1.82) is 0 Å². The second-order valence-corrected chi connectivity index (χ2v) is 9.62. The Labute approximate surface area is 159 Å². The normalized spacial score (nSPS) is 20.0. The Hall–Kier alpha value is -2.15. The number of likely N-dealkylation sites (N-methyl/N-ethyl adjacent to an activating group) is 1. The summed E-state index contributed by atoms with van der Waals surface area (Å²) in [7, 11) is -1.71. The van der Waals surface area contributed by atoms with E-state index in [4.69, 9.17) is 9.15 Å². The van der Waals surface area contributed by atoms with Crippen LogP contribution >= 0.6 is 0 Å². The van der Waals surface area contributed by atoms with Crippen molar-refractivity contribution >= 4 is 26.7 Å². The van der Waals surface area contributed by atoms with Crippen molar-refractivity contribution in [1.82, 2.24) is 3.89 Å². The molecule has 1 fully saturated rings. The average molecular weight is 386 g/mol. The summed E-state index contributed by atoms with van der Waals surface area (Å²) in [5.74, 6) is 0. The Morgan fingerprint density at radius 1 is 1.15 bits per heavy atom. The third-order valence-electron chi connectivity index (χ3n) is 5.47. The molecule has 2 unspecified atom stereocenters. The van der Waals surface area contributed by atoms with Crippen molar-refractivity contribution in [3.05, 3.63) is 54.8 Å². The molecule has 3 aromatic rings. The largest absolute Gasteiger partial charge is 0.464 e. The maximum atomic E-state index is 13.0. The van der Waals surface area contributed by atoms with Crippen LogP contribution in [0.2, 0.25) is 0 Å². The molecule has 142 valence electrons. The third-order valence-corrected chi connectivity index (χ3v) is 7.28. The van der Waals surface area contributed by atoms with Crippen molar-refractivity contribution in [3.8, 4) is 11.1 Å². The molecule has 0 radical (unpaired) electrons. The van der Waals surface area contributed by atoms with Crippen molar-refractivity contribution in [3.63, 3.8) is 0 Å². The molecule has 0 aliphatic carbocycles. The number of furan rings is 1. The van der Waals surface area contributed by atoms with Crippen molar-refractivity contribution < 1.29 is 17.6 Å². The molecule has 2 atom stereocenters. The Morgan fingerprint density at radius 2 is 1.93 bits per heavy atom.